The summed E-state index contributed by atoms with van der Waals surface area (Å²) in [5, 5.41) is 18.1. The summed E-state index contributed by atoms with van der Waals surface area (Å²) in [6, 6.07) is 9.12. The lowest BCUT2D eigenvalue weighted by atomic mass is 10.0. The number of halogens is 3. The molecule has 4 N–H and O–H groups in total. The molecule has 2 aromatic heterocycles. The number of carbonyl (C=O) groups excluding carboxylic acids is 3. The third kappa shape index (κ3) is 14.6. The smallest absolute Gasteiger partial charge is 0.335 e. The van der Waals surface area contributed by atoms with E-state index in [1.807, 2.05) is 0 Å². The second-order valence-electron chi connectivity index (χ2n) is 13.5. The summed E-state index contributed by atoms with van der Waals surface area (Å²) >= 11 is 11.8. The Bertz CT molecular complexity index is 2210. The van der Waals surface area contributed by atoms with Gasteiger partial charge in [0.1, 0.15) is 33.2 Å². The first-order valence-corrected chi connectivity index (χ1v) is 19.6. The number of rotatable bonds is 14. The van der Waals surface area contributed by atoms with Crippen molar-refractivity contribution in [1.82, 2.24) is 30.2 Å². The highest BCUT2D eigenvalue weighted by molar-refractivity contribution is 6.32. The van der Waals surface area contributed by atoms with Gasteiger partial charge in [0.2, 0.25) is 23.6 Å². The van der Waals surface area contributed by atoms with Crippen LogP contribution in [0.1, 0.15) is 45.2 Å². The van der Waals surface area contributed by atoms with Crippen molar-refractivity contribution in [2.24, 2.45) is 11.8 Å². The zero-order valence-electron chi connectivity index (χ0n) is 34.6. The molecule has 2 atom stereocenters. The van der Waals surface area contributed by atoms with Crippen molar-refractivity contribution in [3.05, 3.63) is 107 Å². The van der Waals surface area contributed by atoms with Crippen LogP contribution in [-0.2, 0) is 22.4 Å². The Morgan fingerprint density at radius 2 is 1.29 bits per heavy atom. The molecule has 0 radical (unpaired) electrons. The van der Waals surface area contributed by atoms with Crippen molar-refractivity contribution < 1.29 is 43.2 Å². The number of anilines is 2. The number of aromatic carboxylic acids is 1. The number of carboxylic acids is 1. The van der Waals surface area contributed by atoms with Gasteiger partial charge in [-0.15, -0.1) is 12.4 Å². The van der Waals surface area contributed by atoms with Crippen molar-refractivity contribution in [3.63, 3.8) is 0 Å². The zero-order chi connectivity index (χ0) is 44.5. The summed E-state index contributed by atoms with van der Waals surface area (Å²) in [7, 11) is 5.95. The SMILES string of the molecule is C=CC(=O)Nc1ccc(C(=O)N2CC[C@@H](Cc3ncc(Cl)c(OC)n3)C2)cc1OC.C=CC(=O)Nc1ccc(C(=O)O)cc1OC.COc1nc(C[C@@H]2CCNC2)ncc1Cl.Cl. The fourth-order valence-corrected chi connectivity index (χ4v) is 6.59. The van der Waals surface area contributed by atoms with Crippen LogP contribution in [0.4, 0.5) is 11.4 Å². The van der Waals surface area contributed by atoms with Gasteiger partial charge >= 0.3 is 5.97 Å². The Labute approximate surface area is 375 Å². The van der Waals surface area contributed by atoms with E-state index in [9.17, 15) is 19.2 Å². The summed E-state index contributed by atoms with van der Waals surface area (Å²) in [6.07, 6.45) is 8.98. The molecule has 4 aromatic rings. The van der Waals surface area contributed by atoms with Gasteiger partial charge in [-0.2, -0.15) is 9.97 Å². The highest BCUT2D eigenvalue weighted by atomic mass is 35.5. The number of carboxylic acid groups (broad SMARTS) is 1. The maximum atomic E-state index is 12.9. The Hall–Kier alpha value is -6.01. The number of aromatic nitrogens is 4. The minimum Gasteiger partial charge on any atom is -0.495 e. The van der Waals surface area contributed by atoms with Crippen LogP contribution >= 0.6 is 35.6 Å². The number of amides is 3. The van der Waals surface area contributed by atoms with Crippen LogP contribution in [0.5, 0.6) is 23.3 Å². The summed E-state index contributed by atoms with van der Waals surface area (Å²) in [5.41, 5.74) is 1.46. The average Bonchev–Trinajstić information content (AvgIpc) is 3.98. The molecule has 0 spiro atoms. The molecule has 0 saturated carbocycles. The largest absolute Gasteiger partial charge is 0.495 e. The molecule has 2 saturated heterocycles. The third-order valence-electron chi connectivity index (χ3n) is 9.37. The Kier molecular flexibility index (Phi) is 20.3. The van der Waals surface area contributed by atoms with Gasteiger partial charge in [0.15, 0.2) is 0 Å². The quantitative estimate of drug-likeness (QED) is 0.104. The molecule has 62 heavy (non-hydrogen) atoms. The van der Waals surface area contributed by atoms with Crippen molar-refractivity contribution >= 4 is 70.7 Å². The summed E-state index contributed by atoms with van der Waals surface area (Å²) in [6.45, 7) is 10.1. The normalized spacial score (nSPS) is 14.9. The minimum atomic E-state index is -1.06. The predicted octanol–water partition coefficient (Wildman–Crippen LogP) is 6.21. The molecule has 6 rings (SSSR count). The predicted molar refractivity (Wildman–Crippen MR) is 237 cm³/mol. The van der Waals surface area contributed by atoms with E-state index in [2.05, 4.69) is 49.0 Å². The lowest BCUT2D eigenvalue weighted by molar-refractivity contribution is -0.112. The van der Waals surface area contributed by atoms with Crippen LogP contribution in [0.2, 0.25) is 10.0 Å². The van der Waals surface area contributed by atoms with Gasteiger partial charge in [-0.25, -0.2) is 14.8 Å². The van der Waals surface area contributed by atoms with Crippen molar-refractivity contribution in [2.45, 2.75) is 25.7 Å². The molecule has 0 aliphatic carbocycles. The van der Waals surface area contributed by atoms with E-state index < -0.39 is 5.97 Å². The second kappa shape index (κ2) is 25.1. The van der Waals surface area contributed by atoms with Crippen LogP contribution in [0.25, 0.3) is 0 Å². The van der Waals surface area contributed by atoms with Gasteiger partial charge in [-0.05, 0) is 86.3 Å². The number of benzene rings is 2. The third-order valence-corrected chi connectivity index (χ3v) is 9.89. The first-order chi connectivity index (χ1) is 29.3. The molecule has 4 heterocycles. The first kappa shape index (κ1) is 50.3. The first-order valence-electron chi connectivity index (χ1n) is 18.9. The van der Waals surface area contributed by atoms with E-state index in [4.69, 9.17) is 47.3 Å². The second-order valence-corrected chi connectivity index (χ2v) is 14.3. The van der Waals surface area contributed by atoms with Crippen molar-refractivity contribution in [3.8, 4) is 23.3 Å². The Balaban J connectivity index is 0.000000270. The van der Waals surface area contributed by atoms with E-state index in [1.54, 1.807) is 36.4 Å². The average molecular weight is 916 g/mol. The van der Waals surface area contributed by atoms with Gasteiger partial charge in [0, 0.05) is 31.5 Å². The standard InChI is InChI=1S/C21H23ClN4O4.C11H11NO4.C10H14ClN3O.ClH/c1-4-19(27)24-16-6-5-14(10-17(16)29-2)21(28)26-8-7-13(12-26)9-18-23-11-15(22)20(25-18)30-3;1-3-10(13)12-8-5-4-7(11(14)15)6-9(8)16-2;1-15-10-8(11)6-13-9(14-10)4-7-2-3-12-5-7;/h4-6,10-11,13H,1,7-9,12H2,2-3H3,(H,24,27);3-6H,1H2,2H3,(H,12,13)(H,14,15);6-7,12H,2-5H2,1H3;1H/t13-;;7-;/m0.0./s1. The highest BCUT2D eigenvalue weighted by Gasteiger charge is 2.28. The number of hydrogen-bond donors (Lipinski definition) is 4. The molecule has 2 aliphatic rings. The van der Waals surface area contributed by atoms with Gasteiger partial charge in [-0.1, -0.05) is 36.4 Å². The Morgan fingerprint density at radius 3 is 1.74 bits per heavy atom. The number of likely N-dealkylation sites (tertiary alicyclic amines) is 1. The number of carbonyl (C=O) groups is 4. The number of hydrogen-bond acceptors (Lipinski definition) is 13. The lowest BCUT2D eigenvalue weighted by Gasteiger charge is -2.18. The summed E-state index contributed by atoms with van der Waals surface area (Å²) in [4.78, 5) is 65.1. The van der Waals surface area contributed by atoms with Crippen LogP contribution in [0, 0.1) is 11.8 Å². The van der Waals surface area contributed by atoms with E-state index in [0.29, 0.717) is 75.7 Å². The molecule has 2 fully saturated rings. The van der Waals surface area contributed by atoms with Gasteiger partial charge in [0.05, 0.1) is 57.8 Å². The number of methoxy groups -OCH3 is 4. The molecular weight excluding hydrogens is 867 g/mol. The molecule has 20 heteroatoms. The van der Waals surface area contributed by atoms with Crippen LogP contribution in [0.3, 0.4) is 0 Å². The fourth-order valence-electron chi connectivity index (χ4n) is 6.25. The maximum Gasteiger partial charge on any atom is 0.335 e. The molecule has 332 valence electrons. The number of nitrogens with one attached hydrogen (secondary N) is 3. The number of ether oxygens (including phenoxy) is 4. The van der Waals surface area contributed by atoms with Gasteiger partial charge < -0.3 is 44.9 Å². The summed E-state index contributed by atoms with van der Waals surface area (Å²) < 4.78 is 20.5. The minimum absolute atomic E-state index is 0. The maximum absolute atomic E-state index is 12.9. The topological polar surface area (TPSA) is 216 Å². The molecule has 3 amide bonds. The number of nitrogens with zero attached hydrogens (tertiary/aromatic N) is 5. The molecule has 2 aliphatic heterocycles. The van der Waals surface area contributed by atoms with Gasteiger partial charge in [0.25, 0.3) is 5.91 Å². The molecule has 2 aromatic carbocycles. The van der Waals surface area contributed by atoms with Gasteiger partial charge in [-0.3, -0.25) is 14.4 Å². The van der Waals surface area contributed by atoms with E-state index in [-0.39, 0.29) is 47.4 Å². The highest BCUT2D eigenvalue weighted by Crippen LogP contribution is 2.29. The van der Waals surface area contributed by atoms with E-state index in [1.165, 1.54) is 58.2 Å². The Morgan fingerprint density at radius 1 is 0.790 bits per heavy atom. The molecular formula is C42H49Cl3N8O9. The van der Waals surface area contributed by atoms with Crippen LogP contribution in [-0.4, -0.2) is 108 Å². The van der Waals surface area contributed by atoms with E-state index in [0.717, 1.165) is 37.8 Å². The van der Waals surface area contributed by atoms with Crippen molar-refractivity contribution in [2.75, 3.05) is 65.3 Å². The van der Waals surface area contributed by atoms with Crippen molar-refractivity contribution in [1.29, 1.82) is 0 Å². The molecule has 17 nitrogen and oxygen atoms in total. The lowest BCUT2D eigenvalue weighted by Crippen LogP contribution is -2.29. The monoisotopic (exact) mass is 914 g/mol. The molecule has 0 bridgehead atoms. The van der Waals surface area contributed by atoms with E-state index >= 15 is 0 Å². The molecule has 0 unspecified atom stereocenters. The van der Waals surface area contributed by atoms with Crippen LogP contribution in [0.15, 0.2) is 74.1 Å². The zero-order valence-corrected chi connectivity index (χ0v) is 36.9. The fraction of sp³-hybridized carbons (Fsp3) is 0.333. The van der Waals surface area contributed by atoms with Crippen LogP contribution < -0.4 is 34.9 Å². The summed E-state index contributed by atoms with van der Waals surface area (Å²) in [5.74, 6) is 1.96.